The lowest BCUT2D eigenvalue weighted by molar-refractivity contribution is 0.0291. The Morgan fingerprint density at radius 3 is 2.64 bits per heavy atom. The van der Waals surface area contributed by atoms with Gasteiger partial charge in [0.15, 0.2) is 0 Å². The molecule has 0 aromatic rings. The second kappa shape index (κ2) is 4.59. The number of rotatable bonds is 5. The zero-order valence-corrected chi connectivity index (χ0v) is 9.17. The third kappa shape index (κ3) is 2.15. The van der Waals surface area contributed by atoms with Crippen molar-refractivity contribution in [2.24, 2.45) is 0 Å². The average molecular weight is 196 g/mol. The van der Waals surface area contributed by atoms with Crippen molar-refractivity contribution in [2.75, 3.05) is 14.1 Å². The largest absolute Gasteiger partial charge is 0.368 e. The smallest absolute Gasteiger partial charge is 0.103 e. The minimum Gasteiger partial charge on any atom is -0.368 e. The van der Waals surface area contributed by atoms with Crippen molar-refractivity contribution in [2.45, 2.75) is 25.4 Å². The lowest BCUT2D eigenvalue weighted by atomic mass is 10.2. The zero-order valence-electron chi connectivity index (χ0n) is 9.17. The Kier molecular flexibility index (Phi) is 3.69. The van der Waals surface area contributed by atoms with Crippen molar-refractivity contribution in [1.29, 1.82) is 0 Å². The van der Waals surface area contributed by atoms with Crippen LogP contribution >= 0.6 is 0 Å². The first-order valence-electron chi connectivity index (χ1n) is 4.83. The van der Waals surface area contributed by atoms with Gasteiger partial charge in [-0.15, -0.1) is 0 Å². The van der Waals surface area contributed by atoms with E-state index in [1.807, 2.05) is 13.1 Å². The molecule has 3 N–H and O–H groups in total. The molecule has 1 aliphatic heterocycles. The SMILES string of the molecule is C=CC(NC)NC(=C)C1NC(C)N1C. The first-order valence-corrected chi connectivity index (χ1v) is 4.83. The molecule has 0 aromatic carbocycles. The zero-order chi connectivity index (χ0) is 10.7. The van der Waals surface area contributed by atoms with Gasteiger partial charge in [-0.25, -0.2) is 0 Å². The van der Waals surface area contributed by atoms with Crippen LogP contribution in [0.2, 0.25) is 0 Å². The molecule has 14 heavy (non-hydrogen) atoms. The van der Waals surface area contributed by atoms with E-state index in [4.69, 9.17) is 0 Å². The van der Waals surface area contributed by atoms with E-state index in [0.29, 0.717) is 6.17 Å². The van der Waals surface area contributed by atoms with Crippen molar-refractivity contribution in [3.8, 4) is 0 Å². The highest BCUT2D eigenvalue weighted by atomic mass is 15.5. The highest BCUT2D eigenvalue weighted by Crippen LogP contribution is 2.15. The minimum atomic E-state index is 0.0774. The lowest BCUT2D eigenvalue weighted by Gasteiger charge is -2.47. The van der Waals surface area contributed by atoms with Gasteiger partial charge < -0.3 is 5.32 Å². The van der Waals surface area contributed by atoms with E-state index in [-0.39, 0.29) is 12.3 Å². The summed E-state index contributed by atoms with van der Waals surface area (Å²) >= 11 is 0. The van der Waals surface area contributed by atoms with Gasteiger partial charge in [-0.3, -0.25) is 15.5 Å². The molecule has 1 rings (SSSR count). The van der Waals surface area contributed by atoms with E-state index in [9.17, 15) is 0 Å². The third-order valence-corrected chi connectivity index (χ3v) is 2.63. The molecule has 4 nitrogen and oxygen atoms in total. The molecular weight excluding hydrogens is 176 g/mol. The monoisotopic (exact) mass is 196 g/mol. The maximum Gasteiger partial charge on any atom is 0.103 e. The predicted molar refractivity (Wildman–Crippen MR) is 59.5 cm³/mol. The van der Waals surface area contributed by atoms with E-state index >= 15 is 0 Å². The summed E-state index contributed by atoms with van der Waals surface area (Å²) in [6, 6.07) is 0. The quantitative estimate of drug-likeness (QED) is 0.428. The maximum atomic E-state index is 3.99. The third-order valence-electron chi connectivity index (χ3n) is 2.63. The first kappa shape index (κ1) is 11.2. The molecule has 1 aliphatic rings. The van der Waals surface area contributed by atoms with Crippen LogP contribution in [-0.4, -0.2) is 37.5 Å². The highest BCUT2D eigenvalue weighted by Gasteiger charge is 2.33. The highest BCUT2D eigenvalue weighted by molar-refractivity contribution is 5.10. The van der Waals surface area contributed by atoms with E-state index in [0.717, 1.165) is 5.70 Å². The lowest BCUT2D eigenvalue weighted by Crippen LogP contribution is -2.68. The fourth-order valence-corrected chi connectivity index (χ4v) is 1.48. The fourth-order valence-electron chi connectivity index (χ4n) is 1.48. The molecule has 0 saturated carbocycles. The molecule has 1 fully saturated rings. The van der Waals surface area contributed by atoms with Gasteiger partial charge in [0.2, 0.25) is 0 Å². The van der Waals surface area contributed by atoms with Crippen LogP contribution in [0.4, 0.5) is 0 Å². The Balaban J connectivity index is 2.39. The summed E-state index contributed by atoms with van der Waals surface area (Å²) in [6.45, 7) is 9.83. The van der Waals surface area contributed by atoms with Crippen LogP contribution < -0.4 is 16.0 Å². The van der Waals surface area contributed by atoms with Crippen molar-refractivity contribution < 1.29 is 0 Å². The average Bonchev–Trinajstić information content (AvgIpc) is 2.21. The molecule has 0 bridgehead atoms. The minimum absolute atomic E-state index is 0.0774. The predicted octanol–water partition coefficient (Wildman–Crippen LogP) is 0.0283. The van der Waals surface area contributed by atoms with Gasteiger partial charge in [-0.05, 0) is 21.0 Å². The number of nitrogens with zero attached hydrogens (tertiary/aromatic N) is 1. The summed E-state index contributed by atoms with van der Waals surface area (Å²) in [6.07, 6.45) is 2.54. The fraction of sp³-hybridized carbons (Fsp3) is 0.600. The van der Waals surface area contributed by atoms with Gasteiger partial charge in [-0.2, -0.15) is 0 Å². The molecule has 0 amide bonds. The van der Waals surface area contributed by atoms with E-state index in [2.05, 4.69) is 48.0 Å². The van der Waals surface area contributed by atoms with Gasteiger partial charge >= 0.3 is 0 Å². The summed E-state index contributed by atoms with van der Waals surface area (Å²) in [7, 11) is 3.95. The summed E-state index contributed by atoms with van der Waals surface area (Å²) in [5.74, 6) is 0. The number of hydrogen-bond acceptors (Lipinski definition) is 4. The van der Waals surface area contributed by atoms with Gasteiger partial charge in [0.1, 0.15) is 6.17 Å². The topological polar surface area (TPSA) is 39.3 Å². The van der Waals surface area contributed by atoms with Crippen LogP contribution in [0.5, 0.6) is 0 Å². The second-order valence-electron chi connectivity index (χ2n) is 3.58. The molecular formula is C10H20N4. The Morgan fingerprint density at radius 1 is 1.64 bits per heavy atom. The van der Waals surface area contributed by atoms with Crippen LogP contribution in [0.25, 0.3) is 0 Å². The van der Waals surface area contributed by atoms with Crippen molar-refractivity contribution in [1.82, 2.24) is 20.9 Å². The molecule has 1 heterocycles. The molecule has 3 unspecified atom stereocenters. The van der Waals surface area contributed by atoms with Crippen LogP contribution in [0, 0.1) is 0 Å². The Labute approximate surface area is 86.0 Å². The normalized spacial score (nSPS) is 29.1. The molecule has 4 heteroatoms. The molecule has 3 atom stereocenters. The summed E-state index contributed by atoms with van der Waals surface area (Å²) in [5, 5.41) is 9.66. The van der Waals surface area contributed by atoms with Gasteiger partial charge in [0, 0.05) is 5.70 Å². The van der Waals surface area contributed by atoms with Crippen LogP contribution in [0.15, 0.2) is 24.9 Å². The van der Waals surface area contributed by atoms with E-state index in [1.165, 1.54) is 0 Å². The molecule has 0 radical (unpaired) electrons. The summed E-state index contributed by atoms with van der Waals surface area (Å²) in [4.78, 5) is 2.21. The molecule has 0 spiro atoms. The van der Waals surface area contributed by atoms with E-state index < -0.39 is 0 Å². The molecule has 1 saturated heterocycles. The van der Waals surface area contributed by atoms with Crippen molar-refractivity contribution in [3.63, 3.8) is 0 Å². The Bertz CT molecular complexity index is 226. The summed E-state index contributed by atoms with van der Waals surface area (Å²) < 4.78 is 0. The molecule has 0 aliphatic carbocycles. The van der Waals surface area contributed by atoms with Crippen LogP contribution in [-0.2, 0) is 0 Å². The first-order chi connectivity index (χ1) is 6.60. The Morgan fingerprint density at radius 2 is 2.29 bits per heavy atom. The van der Waals surface area contributed by atoms with Gasteiger partial charge in [0.05, 0.1) is 12.3 Å². The standard InChI is InChI=1S/C10H20N4/c1-6-9(11-4)12-7(2)10-13-8(3)14(10)5/h6,8-13H,1-2H2,3-5H3. The second-order valence-corrected chi connectivity index (χ2v) is 3.58. The molecule has 80 valence electrons. The number of likely N-dealkylation sites (N-methyl/N-ethyl adjacent to an activating group) is 2. The van der Waals surface area contributed by atoms with Gasteiger partial charge in [-0.1, -0.05) is 19.2 Å². The Hall–Kier alpha value is -0.840. The van der Waals surface area contributed by atoms with Gasteiger partial charge in [0.25, 0.3) is 0 Å². The maximum absolute atomic E-state index is 3.99. The van der Waals surface area contributed by atoms with Crippen molar-refractivity contribution in [3.05, 3.63) is 24.9 Å². The van der Waals surface area contributed by atoms with Crippen LogP contribution in [0.1, 0.15) is 6.92 Å². The summed E-state index contributed by atoms with van der Waals surface area (Å²) in [5.41, 5.74) is 0.963. The number of nitrogens with one attached hydrogen (secondary N) is 3. The molecule has 0 aromatic heterocycles. The van der Waals surface area contributed by atoms with Crippen LogP contribution in [0.3, 0.4) is 0 Å². The number of hydrogen-bond donors (Lipinski definition) is 3. The van der Waals surface area contributed by atoms with E-state index in [1.54, 1.807) is 0 Å². The van der Waals surface area contributed by atoms with Crippen molar-refractivity contribution >= 4 is 0 Å².